The molecule has 1 aliphatic rings. The van der Waals surface area contributed by atoms with E-state index in [-0.39, 0.29) is 5.66 Å². The van der Waals surface area contributed by atoms with E-state index in [1.807, 2.05) is 36.4 Å². The van der Waals surface area contributed by atoms with Gasteiger partial charge >= 0.3 is 0 Å². The molecular weight excluding hydrogens is 236 g/mol. The Kier molecular flexibility index (Phi) is 2.59. The minimum absolute atomic E-state index is 0.193. The predicted molar refractivity (Wildman–Crippen MR) is 76.0 cm³/mol. The molecule has 0 radical (unpaired) electrons. The van der Waals surface area contributed by atoms with E-state index < -0.39 is 0 Å². The number of hydrogen-bond donors (Lipinski definition) is 1. The second-order valence-electron chi connectivity index (χ2n) is 5.09. The number of nitrogens with one attached hydrogen (secondary N) is 1. The van der Waals surface area contributed by atoms with Gasteiger partial charge in [-0.15, -0.1) is 0 Å². The summed E-state index contributed by atoms with van der Waals surface area (Å²) in [4.78, 5) is 6.58. The monoisotopic (exact) mass is 254 g/mol. The molecular formula is C15H18N4. The molecule has 1 unspecified atom stereocenters. The molecule has 0 fully saturated rings. The summed E-state index contributed by atoms with van der Waals surface area (Å²) < 4.78 is 2.03. The third kappa shape index (κ3) is 1.80. The zero-order valence-electron chi connectivity index (χ0n) is 11.5. The Bertz CT molecular complexity index is 629. The molecule has 4 heteroatoms. The quantitative estimate of drug-likeness (QED) is 0.892. The summed E-state index contributed by atoms with van der Waals surface area (Å²) in [6, 6.07) is 8.51. The van der Waals surface area contributed by atoms with Crippen LogP contribution in [0.15, 0.2) is 49.1 Å². The van der Waals surface area contributed by atoms with Crippen LogP contribution in [0.3, 0.4) is 0 Å². The first-order valence-electron chi connectivity index (χ1n) is 6.37. The molecule has 0 amide bonds. The van der Waals surface area contributed by atoms with E-state index in [2.05, 4.69) is 53.4 Å². The first kappa shape index (κ1) is 11.8. The normalized spacial score (nSPS) is 21.7. The van der Waals surface area contributed by atoms with Crippen molar-refractivity contribution in [3.8, 4) is 11.4 Å². The van der Waals surface area contributed by atoms with Gasteiger partial charge in [-0.25, -0.2) is 4.98 Å². The summed E-state index contributed by atoms with van der Waals surface area (Å²) in [6.45, 7) is 2.17. The topological polar surface area (TPSA) is 33.1 Å². The second-order valence-corrected chi connectivity index (χ2v) is 5.09. The van der Waals surface area contributed by atoms with Crippen molar-refractivity contribution in [3.05, 3.63) is 54.6 Å². The van der Waals surface area contributed by atoms with E-state index in [4.69, 9.17) is 0 Å². The maximum absolute atomic E-state index is 4.41. The van der Waals surface area contributed by atoms with Crippen LogP contribution in [0.1, 0.15) is 12.5 Å². The second kappa shape index (κ2) is 4.16. The fourth-order valence-electron chi connectivity index (χ4n) is 2.45. The average Bonchev–Trinajstić information content (AvgIpc) is 2.98. The van der Waals surface area contributed by atoms with Crippen LogP contribution in [0.25, 0.3) is 11.4 Å². The van der Waals surface area contributed by atoms with E-state index in [9.17, 15) is 0 Å². The maximum Gasteiger partial charge on any atom is 0.139 e. The third-order valence-corrected chi connectivity index (χ3v) is 3.87. The fourth-order valence-corrected chi connectivity index (χ4v) is 2.45. The van der Waals surface area contributed by atoms with Gasteiger partial charge in [0.25, 0.3) is 0 Å². The zero-order chi connectivity index (χ0) is 13.5. The van der Waals surface area contributed by atoms with Crippen LogP contribution in [0.4, 0.5) is 0 Å². The van der Waals surface area contributed by atoms with Crippen molar-refractivity contribution in [2.75, 3.05) is 7.05 Å². The molecule has 3 rings (SSSR count). The highest BCUT2D eigenvalue weighted by atomic mass is 15.3. The summed E-state index contributed by atoms with van der Waals surface area (Å²) in [5.41, 5.74) is 2.16. The molecule has 0 saturated carbocycles. The van der Waals surface area contributed by atoms with Crippen LogP contribution in [0.2, 0.25) is 0 Å². The van der Waals surface area contributed by atoms with Crippen molar-refractivity contribution < 1.29 is 0 Å². The lowest BCUT2D eigenvalue weighted by Gasteiger charge is -2.34. The molecule has 1 atom stereocenters. The van der Waals surface area contributed by atoms with Crippen molar-refractivity contribution in [1.82, 2.24) is 19.8 Å². The molecule has 2 heterocycles. The number of rotatable bonds is 2. The van der Waals surface area contributed by atoms with Crippen molar-refractivity contribution in [3.63, 3.8) is 0 Å². The molecule has 0 spiro atoms. The minimum Gasteiger partial charge on any atom is -0.364 e. The number of nitrogens with zero attached hydrogens (tertiary/aromatic N) is 3. The van der Waals surface area contributed by atoms with Gasteiger partial charge in [0.2, 0.25) is 0 Å². The van der Waals surface area contributed by atoms with Crippen LogP contribution in [-0.4, -0.2) is 21.5 Å². The van der Waals surface area contributed by atoms with Gasteiger partial charge in [0.15, 0.2) is 0 Å². The molecule has 0 bridgehead atoms. The van der Waals surface area contributed by atoms with Crippen LogP contribution < -0.4 is 5.32 Å². The van der Waals surface area contributed by atoms with Gasteiger partial charge in [-0.2, -0.15) is 0 Å². The number of aromatic nitrogens is 2. The molecule has 0 aliphatic carbocycles. The summed E-state index contributed by atoms with van der Waals surface area (Å²) in [5.74, 6) is 0.985. The summed E-state index contributed by atoms with van der Waals surface area (Å²) >= 11 is 0. The standard InChI is InChI=1S/C15H18N4/c1-15(17-8-10-19(15)3)13-6-4-5-12(11-13)14-16-7-9-18(14)2/h4-11,17H,1-3H3. The predicted octanol–water partition coefficient (Wildman–Crippen LogP) is 2.27. The van der Waals surface area contributed by atoms with Gasteiger partial charge in [-0.3, -0.25) is 0 Å². The number of aryl methyl sites for hydroxylation is 1. The lowest BCUT2D eigenvalue weighted by molar-refractivity contribution is 0.200. The molecule has 1 aliphatic heterocycles. The first-order valence-corrected chi connectivity index (χ1v) is 6.37. The lowest BCUT2D eigenvalue weighted by Crippen LogP contribution is -2.43. The van der Waals surface area contributed by atoms with Gasteiger partial charge in [-0.1, -0.05) is 18.2 Å². The van der Waals surface area contributed by atoms with E-state index >= 15 is 0 Å². The van der Waals surface area contributed by atoms with Crippen LogP contribution in [0.5, 0.6) is 0 Å². The van der Waals surface area contributed by atoms with E-state index in [0.29, 0.717) is 0 Å². The Morgan fingerprint density at radius 3 is 2.74 bits per heavy atom. The Labute approximate surface area is 113 Å². The first-order chi connectivity index (χ1) is 9.11. The van der Waals surface area contributed by atoms with Crippen molar-refractivity contribution in [2.45, 2.75) is 12.6 Å². The van der Waals surface area contributed by atoms with Crippen molar-refractivity contribution in [1.29, 1.82) is 0 Å². The molecule has 1 aromatic carbocycles. The van der Waals surface area contributed by atoms with Crippen LogP contribution >= 0.6 is 0 Å². The smallest absolute Gasteiger partial charge is 0.139 e. The molecule has 2 aromatic rings. The van der Waals surface area contributed by atoms with Gasteiger partial charge < -0.3 is 14.8 Å². The Morgan fingerprint density at radius 2 is 2.11 bits per heavy atom. The van der Waals surface area contributed by atoms with Gasteiger partial charge in [0.05, 0.1) is 0 Å². The zero-order valence-corrected chi connectivity index (χ0v) is 11.5. The molecule has 1 aromatic heterocycles. The molecule has 0 saturated heterocycles. The highest BCUT2D eigenvalue weighted by molar-refractivity contribution is 5.57. The van der Waals surface area contributed by atoms with Gasteiger partial charge in [-0.05, 0) is 18.6 Å². The largest absolute Gasteiger partial charge is 0.364 e. The third-order valence-electron chi connectivity index (χ3n) is 3.87. The minimum atomic E-state index is -0.193. The Hall–Kier alpha value is -2.23. The summed E-state index contributed by atoms with van der Waals surface area (Å²) in [6.07, 6.45) is 7.82. The Morgan fingerprint density at radius 1 is 1.26 bits per heavy atom. The van der Waals surface area contributed by atoms with E-state index in [1.54, 1.807) is 0 Å². The fraction of sp³-hybridized carbons (Fsp3) is 0.267. The molecule has 1 N–H and O–H groups in total. The van der Waals surface area contributed by atoms with Gasteiger partial charge in [0.1, 0.15) is 11.5 Å². The van der Waals surface area contributed by atoms with Crippen LogP contribution in [-0.2, 0) is 12.7 Å². The van der Waals surface area contributed by atoms with Crippen LogP contribution in [0, 0.1) is 0 Å². The van der Waals surface area contributed by atoms with Crippen molar-refractivity contribution >= 4 is 0 Å². The molecule has 4 nitrogen and oxygen atoms in total. The highest BCUT2D eigenvalue weighted by Gasteiger charge is 2.31. The maximum atomic E-state index is 4.41. The Balaban J connectivity index is 2.04. The number of imidazole rings is 1. The SMILES string of the molecule is CN1C=CNC1(C)c1cccc(-c2nccn2C)c1. The van der Waals surface area contributed by atoms with Crippen molar-refractivity contribution in [2.24, 2.45) is 7.05 Å². The average molecular weight is 254 g/mol. The summed E-state index contributed by atoms with van der Waals surface area (Å²) in [5, 5.41) is 3.40. The molecule has 98 valence electrons. The van der Waals surface area contributed by atoms with E-state index in [0.717, 1.165) is 11.4 Å². The molecule has 19 heavy (non-hydrogen) atoms. The van der Waals surface area contributed by atoms with E-state index in [1.165, 1.54) is 5.56 Å². The van der Waals surface area contributed by atoms with Gasteiger partial charge in [0, 0.05) is 44.5 Å². The lowest BCUT2D eigenvalue weighted by atomic mass is 9.98. The number of hydrogen-bond acceptors (Lipinski definition) is 3. The number of benzene rings is 1. The summed E-state index contributed by atoms with van der Waals surface area (Å²) in [7, 11) is 4.09. The highest BCUT2D eigenvalue weighted by Crippen LogP contribution is 2.30.